The third-order valence-corrected chi connectivity index (χ3v) is 6.58. The van der Waals surface area contributed by atoms with E-state index in [0.717, 1.165) is 12.8 Å². The second-order valence-corrected chi connectivity index (χ2v) is 8.47. The lowest BCUT2D eigenvalue weighted by molar-refractivity contribution is 0.103. The van der Waals surface area contributed by atoms with Crippen LogP contribution in [0.25, 0.3) is 10.4 Å². The molecule has 1 aromatic carbocycles. The molecule has 1 N–H and O–H groups in total. The van der Waals surface area contributed by atoms with Gasteiger partial charge in [0.15, 0.2) is 0 Å². The number of amides is 1. The minimum Gasteiger partial charge on any atom is -0.321 e. The molecule has 0 saturated carbocycles. The molecule has 0 saturated heterocycles. The van der Waals surface area contributed by atoms with E-state index in [2.05, 4.69) is 18.3 Å². The maximum atomic E-state index is 13.6. The van der Waals surface area contributed by atoms with E-state index in [1.807, 2.05) is 17.4 Å². The van der Waals surface area contributed by atoms with Gasteiger partial charge in [-0.2, -0.15) is 0 Å². The largest absolute Gasteiger partial charge is 0.321 e. The maximum Gasteiger partial charge on any atom is 0.265 e. The first-order chi connectivity index (χ1) is 11.5. The average molecular weight is 357 g/mol. The van der Waals surface area contributed by atoms with Crippen molar-refractivity contribution in [3.63, 3.8) is 0 Å². The van der Waals surface area contributed by atoms with E-state index in [1.165, 1.54) is 43.2 Å². The number of aryl methyl sites for hydroxylation is 4. The summed E-state index contributed by atoms with van der Waals surface area (Å²) in [5.41, 5.74) is 3.58. The Labute approximate surface area is 148 Å². The molecule has 0 spiro atoms. The Hall–Kier alpha value is -1.98. The lowest BCUT2D eigenvalue weighted by Crippen LogP contribution is -2.10. The van der Waals surface area contributed by atoms with Gasteiger partial charge in [-0.1, -0.05) is 6.07 Å². The van der Waals surface area contributed by atoms with Crippen molar-refractivity contribution in [1.29, 1.82) is 0 Å². The average Bonchev–Trinajstić information content (AvgIpc) is 3.13. The fourth-order valence-electron chi connectivity index (χ4n) is 3.01. The fourth-order valence-corrected chi connectivity index (χ4v) is 5.26. The van der Waals surface area contributed by atoms with Gasteiger partial charge in [0.1, 0.15) is 5.82 Å². The van der Waals surface area contributed by atoms with Crippen molar-refractivity contribution in [2.75, 3.05) is 5.32 Å². The van der Waals surface area contributed by atoms with E-state index in [0.29, 0.717) is 16.1 Å². The van der Waals surface area contributed by atoms with Gasteiger partial charge in [-0.15, -0.1) is 22.7 Å². The van der Waals surface area contributed by atoms with E-state index in [9.17, 15) is 9.18 Å². The SMILES string of the molecule is Cc1cc2c(s1)CCc1cc(C(=O)Nc3ccc(C)c(F)c3)sc1-2. The van der Waals surface area contributed by atoms with Crippen LogP contribution >= 0.6 is 22.7 Å². The maximum absolute atomic E-state index is 13.6. The van der Waals surface area contributed by atoms with Crippen LogP contribution in [-0.4, -0.2) is 5.91 Å². The summed E-state index contributed by atoms with van der Waals surface area (Å²) in [6.07, 6.45) is 2.02. The number of fused-ring (bicyclic) bond motifs is 3. The highest BCUT2D eigenvalue weighted by molar-refractivity contribution is 7.18. The molecule has 0 bridgehead atoms. The van der Waals surface area contributed by atoms with Crippen molar-refractivity contribution < 1.29 is 9.18 Å². The molecule has 3 aromatic rings. The second kappa shape index (κ2) is 5.83. The number of carbonyl (C=O) groups is 1. The zero-order valence-electron chi connectivity index (χ0n) is 13.4. The Morgan fingerprint density at radius 1 is 1.12 bits per heavy atom. The Kier molecular flexibility index (Phi) is 3.77. The van der Waals surface area contributed by atoms with Crippen LogP contribution in [0.1, 0.15) is 30.6 Å². The van der Waals surface area contributed by atoms with E-state index in [-0.39, 0.29) is 11.7 Å². The van der Waals surface area contributed by atoms with Crippen molar-refractivity contribution >= 4 is 34.3 Å². The van der Waals surface area contributed by atoms with Crippen LogP contribution < -0.4 is 5.32 Å². The zero-order chi connectivity index (χ0) is 16.8. The van der Waals surface area contributed by atoms with Gasteiger partial charge in [0, 0.05) is 25.9 Å². The summed E-state index contributed by atoms with van der Waals surface area (Å²) in [4.78, 5) is 17.1. The summed E-state index contributed by atoms with van der Waals surface area (Å²) >= 11 is 3.37. The molecule has 0 unspecified atom stereocenters. The minimum atomic E-state index is -0.309. The minimum absolute atomic E-state index is 0.175. The topological polar surface area (TPSA) is 29.1 Å². The lowest BCUT2D eigenvalue weighted by Gasteiger charge is -2.10. The highest BCUT2D eigenvalue weighted by Gasteiger charge is 2.23. The van der Waals surface area contributed by atoms with Gasteiger partial charge in [0.2, 0.25) is 0 Å². The molecular weight excluding hydrogens is 341 g/mol. The number of hydrogen-bond donors (Lipinski definition) is 1. The highest BCUT2D eigenvalue weighted by atomic mass is 32.1. The molecule has 122 valence electrons. The van der Waals surface area contributed by atoms with Gasteiger partial charge in [-0.25, -0.2) is 4.39 Å². The molecule has 24 heavy (non-hydrogen) atoms. The van der Waals surface area contributed by atoms with Crippen LogP contribution in [0.2, 0.25) is 0 Å². The number of rotatable bonds is 2. The molecule has 0 radical (unpaired) electrons. The molecule has 2 heterocycles. The van der Waals surface area contributed by atoms with Crippen LogP contribution in [0.3, 0.4) is 0 Å². The Balaban J connectivity index is 1.63. The summed E-state index contributed by atoms with van der Waals surface area (Å²) in [6.45, 7) is 3.82. The quantitative estimate of drug-likeness (QED) is 0.637. The molecule has 0 atom stereocenters. The summed E-state index contributed by atoms with van der Waals surface area (Å²) in [6, 6.07) is 8.96. The summed E-state index contributed by atoms with van der Waals surface area (Å²) in [5, 5.41) is 2.80. The summed E-state index contributed by atoms with van der Waals surface area (Å²) in [7, 11) is 0. The predicted molar refractivity (Wildman–Crippen MR) is 98.9 cm³/mol. The zero-order valence-corrected chi connectivity index (χ0v) is 15.0. The van der Waals surface area contributed by atoms with Crippen LogP contribution in [0.15, 0.2) is 30.3 Å². The molecule has 2 nitrogen and oxygen atoms in total. The second-order valence-electron chi connectivity index (χ2n) is 6.08. The molecule has 2 aromatic heterocycles. The first-order valence-corrected chi connectivity index (χ1v) is 9.44. The number of hydrogen-bond acceptors (Lipinski definition) is 3. The predicted octanol–water partition coefficient (Wildman–Crippen LogP) is 5.58. The van der Waals surface area contributed by atoms with Crippen LogP contribution in [0.5, 0.6) is 0 Å². The third-order valence-electron chi connectivity index (χ3n) is 4.26. The molecule has 5 heteroatoms. The monoisotopic (exact) mass is 357 g/mol. The number of nitrogens with one attached hydrogen (secondary N) is 1. The smallest absolute Gasteiger partial charge is 0.265 e. The molecule has 4 rings (SSSR count). The van der Waals surface area contributed by atoms with Crippen molar-refractivity contribution in [3.8, 4) is 10.4 Å². The molecule has 1 aliphatic rings. The van der Waals surface area contributed by atoms with E-state index >= 15 is 0 Å². The number of anilines is 1. The summed E-state index contributed by atoms with van der Waals surface area (Å²) < 4.78 is 13.6. The fraction of sp³-hybridized carbons (Fsp3) is 0.211. The normalized spacial score (nSPS) is 12.6. The van der Waals surface area contributed by atoms with Gasteiger partial charge in [0.25, 0.3) is 5.91 Å². The number of halogens is 1. The van der Waals surface area contributed by atoms with Gasteiger partial charge >= 0.3 is 0 Å². The Morgan fingerprint density at radius 2 is 1.96 bits per heavy atom. The van der Waals surface area contributed by atoms with Crippen molar-refractivity contribution in [1.82, 2.24) is 0 Å². The van der Waals surface area contributed by atoms with Gasteiger partial charge in [-0.05, 0) is 62.1 Å². The van der Waals surface area contributed by atoms with Crippen LogP contribution in [0, 0.1) is 19.7 Å². The molecule has 1 amide bonds. The van der Waals surface area contributed by atoms with Gasteiger partial charge in [-0.3, -0.25) is 4.79 Å². The van der Waals surface area contributed by atoms with Crippen molar-refractivity contribution in [2.45, 2.75) is 26.7 Å². The van der Waals surface area contributed by atoms with Crippen molar-refractivity contribution in [3.05, 3.63) is 61.9 Å². The van der Waals surface area contributed by atoms with Crippen molar-refractivity contribution in [2.24, 2.45) is 0 Å². The standard InChI is InChI=1S/C19H16FNOS2/c1-10-3-5-13(9-15(10)20)21-19(22)17-8-12-4-6-16-14(18(12)24-17)7-11(2)23-16/h3,5,7-9H,4,6H2,1-2H3,(H,21,22). The summed E-state index contributed by atoms with van der Waals surface area (Å²) in [5.74, 6) is -0.484. The van der Waals surface area contributed by atoms with Gasteiger partial charge < -0.3 is 5.32 Å². The van der Waals surface area contributed by atoms with E-state index in [1.54, 1.807) is 19.1 Å². The van der Waals surface area contributed by atoms with Crippen LogP contribution in [-0.2, 0) is 12.8 Å². The number of carbonyl (C=O) groups excluding carboxylic acids is 1. The molecule has 1 aliphatic carbocycles. The molecule has 0 aliphatic heterocycles. The third kappa shape index (κ3) is 2.68. The Morgan fingerprint density at radius 3 is 2.75 bits per heavy atom. The van der Waals surface area contributed by atoms with Gasteiger partial charge in [0.05, 0.1) is 4.88 Å². The van der Waals surface area contributed by atoms with E-state index in [4.69, 9.17) is 0 Å². The number of benzene rings is 1. The van der Waals surface area contributed by atoms with E-state index < -0.39 is 0 Å². The Bertz CT molecular complexity index is 954. The molecule has 0 fully saturated rings. The lowest BCUT2D eigenvalue weighted by atomic mass is 9.98. The number of thiophene rings is 2. The van der Waals surface area contributed by atoms with Crippen LogP contribution in [0.4, 0.5) is 10.1 Å². The highest BCUT2D eigenvalue weighted by Crippen LogP contribution is 2.43. The first kappa shape index (κ1) is 15.5. The molecular formula is C19H16FNOS2. The first-order valence-electron chi connectivity index (χ1n) is 7.81.